The zero-order valence-corrected chi connectivity index (χ0v) is 22.2. The van der Waals surface area contributed by atoms with Gasteiger partial charge in [0.1, 0.15) is 6.10 Å². The highest BCUT2D eigenvalue weighted by atomic mass is 32.1. The Labute approximate surface area is 225 Å². The predicted octanol–water partition coefficient (Wildman–Crippen LogP) is 2.60. The lowest BCUT2D eigenvalue weighted by Gasteiger charge is -2.35. The van der Waals surface area contributed by atoms with Crippen molar-refractivity contribution in [3.05, 3.63) is 34.7 Å². The van der Waals surface area contributed by atoms with Crippen molar-refractivity contribution in [2.45, 2.75) is 25.5 Å². The van der Waals surface area contributed by atoms with Gasteiger partial charge in [0, 0.05) is 80.3 Å². The average Bonchev–Trinajstić information content (AvgIpc) is 3.63. The van der Waals surface area contributed by atoms with Gasteiger partial charge in [-0.2, -0.15) is 0 Å². The van der Waals surface area contributed by atoms with Gasteiger partial charge in [0.15, 0.2) is 11.6 Å². The molecule has 3 aliphatic rings. The lowest BCUT2D eigenvalue weighted by atomic mass is 10.1. The molecule has 1 aromatic carbocycles. The standard InChI is InChI=1S/C27H33N7O3S/c28-16-20-19(3-1-4-21(20)29)25-30-22-15-18(38-24(22)26(31-25)33-10-13-36-14-11-33)17-32-6-8-34(9-7-32)27(35)23-5-2-12-37-23/h1,3-4,15-16,23,28H,2,5-14,17,29H2. The molecular formula is C27H33N7O3S. The summed E-state index contributed by atoms with van der Waals surface area (Å²) in [5.74, 6) is 1.64. The molecule has 3 aromatic rings. The molecule has 5 heterocycles. The number of nitrogens with two attached hydrogens (primary N) is 1. The number of piperazine rings is 1. The van der Waals surface area contributed by atoms with Crippen LogP contribution in [0.4, 0.5) is 11.5 Å². The van der Waals surface area contributed by atoms with Crippen LogP contribution in [0.25, 0.3) is 21.6 Å². The average molecular weight is 536 g/mol. The number of nitrogen functional groups attached to an aromatic ring is 1. The van der Waals surface area contributed by atoms with E-state index in [9.17, 15) is 4.79 Å². The van der Waals surface area contributed by atoms with Gasteiger partial charge in [-0.1, -0.05) is 12.1 Å². The molecule has 1 amide bonds. The van der Waals surface area contributed by atoms with Crippen LogP contribution in [0.1, 0.15) is 23.3 Å². The number of anilines is 2. The van der Waals surface area contributed by atoms with Crippen LogP contribution in [0, 0.1) is 5.41 Å². The van der Waals surface area contributed by atoms with E-state index in [4.69, 9.17) is 30.6 Å². The molecule has 3 fully saturated rings. The minimum atomic E-state index is -0.247. The summed E-state index contributed by atoms with van der Waals surface area (Å²) < 4.78 is 12.3. The molecule has 2 aromatic heterocycles. The van der Waals surface area contributed by atoms with Crippen molar-refractivity contribution in [2.24, 2.45) is 0 Å². The van der Waals surface area contributed by atoms with E-state index >= 15 is 0 Å². The number of thiophene rings is 1. The molecule has 10 nitrogen and oxygen atoms in total. The van der Waals surface area contributed by atoms with Gasteiger partial charge in [0.25, 0.3) is 5.91 Å². The number of aromatic nitrogens is 2. The number of ether oxygens (including phenoxy) is 2. The van der Waals surface area contributed by atoms with E-state index in [0.29, 0.717) is 36.9 Å². The Morgan fingerprint density at radius 1 is 1.13 bits per heavy atom. The van der Waals surface area contributed by atoms with Gasteiger partial charge in [-0.15, -0.1) is 11.3 Å². The Morgan fingerprint density at radius 2 is 1.95 bits per heavy atom. The normalized spacial score (nSPS) is 20.8. The van der Waals surface area contributed by atoms with Crippen molar-refractivity contribution >= 4 is 45.2 Å². The molecule has 3 saturated heterocycles. The lowest BCUT2D eigenvalue weighted by molar-refractivity contribution is -0.142. The van der Waals surface area contributed by atoms with Crippen LogP contribution in [-0.4, -0.2) is 97.1 Å². The topological polar surface area (TPSA) is 121 Å². The number of hydrogen-bond donors (Lipinski definition) is 2. The van der Waals surface area contributed by atoms with Crippen LogP contribution in [0.5, 0.6) is 0 Å². The molecule has 6 rings (SSSR count). The summed E-state index contributed by atoms with van der Waals surface area (Å²) in [6.45, 7) is 7.52. The van der Waals surface area contributed by atoms with E-state index in [0.717, 1.165) is 80.3 Å². The van der Waals surface area contributed by atoms with Crippen LogP contribution in [0.2, 0.25) is 0 Å². The van der Waals surface area contributed by atoms with Crippen molar-refractivity contribution in [1.82, 2.24) is 19.8 Å². The van der Waals surface area contributed by atoms with Crippen LogP contribution in [0.15, 0.2) is 24.3 Å². The van der Waals surface area contributed by atoms with E-state index in [1.54, 1.807) is 17.4 Å². The van der Waals surface area contributed by atoms with Gasteiger partial charge in [-0.25, -0.2) is 9.97 Å². The molecule has 0 radical (unpaired) electrons. The fourth-order valence-corrected chi connectivity index (χ4v) is 6.57. The molecule has 3 N–H and O–H groups in total. The number of carbonyl (C=O) groups excluding carboxylic acids is 1. The maximum atomic E-state index is 12.7. The van der Waals surface area contributed by atoms with E-state index < -0.39 is 0 Å². The van der Waals surface area contributed by atoms with Crippen molar-refractivity contribution in [3.63, 3.8) is 0 Å². The van der Waals surface area contributed by atoms with E-state index in [2.05, 4.69) is 15.9 Å². The Kier molecular flexibility index (Phi) is 7.24. The Balaban J connectivity index is 1.26. The maximum Gasteiger partial charge on any atom is 0.251 e. The Morgan fingerprint density at radius 3 is 2.68 bits per heavy atom. The number of fused-ring (bicyclic) bond motifs is 1. The van der Waals surface area contributed by atoms with E-state index in [-0.39, 0.29) is 12.0 Å². The largest absolute Gasteiger partial charge is 0.398 e. The Hall–Kier alpha value is -3.12. The number of hydrogen-bond acceptors (Lipinski definition) is 10. The molecule has 0 bridgehead atoms. The van der Waals surface area contributed by atoms with Gasteiger partial charge in [-0.05, 0) is 25.0 Å². The predicted molar refractivity (Wildman–Crippen MR) is 149 cm³/mol. The van der Waals surface area contributed by atoms with Crippen LogP contribution >= 0.6 is 11.3 Å². The fourth-order valence-electron chi connectivity index (χ4n) is 5.41. The summed E-state index contributed by atoms with van der Waals surface area (Å²) in [5.41, 5.74) is 9.00. The zero-order chi connectivity index (χ0) is 26.1. The van der Waals surface area contributed by atoms with Crippen LogP contribution in [0.3, 0.4) is 0 Å². The third-order valence-corrected chi connectivity index (χ3v) is 8.61. The first-order chi connectivity index (χ1) is 18.6. The second-order valence-electron chi connectivity index (χ2n) is 9.95. The molecule has 11 heteroatoms. The first-order valence-corrected chi connectivity index (χ1v) is 14.1. The van der Waals surface area contributed by atoms with Crippen molar-refractivity contribution in [2.75, 3.05) is 69.7 Å². The van der Waals surface area contributed by atoms with E-state index in [1.807, 2.05) is 17.0 Å². The number of amides is 1. The molecule has 0 saturated carbocycles. The third kappa shape index (κ3) is 4.98. The molecule has 1 unspecified atom stereocenters. The molecular weight excluding hydrogens is 502 g/mol. The second-order valence-corrected chi connectivity index (χ2v) is 11.1. The number of nitrogens with one attached hydrogen (secondary N) is 1. The quantitative estimate of drug-likeness (QED) is 0.365. The van der Waals surface area contributed by atoms with Gasteiger partial charge in [0.2, 0.25) is 0 Å². The van der Waals surface area contributed by atoms with Gasteiger partial charge in [0.05, 0.1) is 23.4 Å². The smallest absolute Gasteiger partial charge is 0.251 e. The molecule has 200 valence electrons. The maximum absolute atomic E-state index is 12.7. The first kappa shape index (κ1) is 25.2. The Bertz CT molecular complexity index is 1330. The summed E-state index contributed by atoms with van der Waals surface area (Å²) in [6, 6.07) is 7.76. The highest BCUT2D eigenvalue weighted by Crippen LogP contribution is 2.36. The number of morpholine rings is 1. The van der Waals surface area contributed by atoms with E-state index in [1.165, 1.54) is 11.1 Å². The van der Waals surface area contributed by atoms with Crippen LogP contribution in [-0.2, 0) is 20.8 Å². The highest BCUT2D eigenvalue weighted by molar-refractivity contribution is 7.19. The van der Waals surface area contributed by atoms with Crippen molar-refractivity contribution in [3.8, 4) is 11.4 Å². The fraction of sp³-hybridized carbons (Fsp3) is 0.481. The molecule has 0 spiro atoms. The third-order valence-electron chi connectivity index (χ3n) is 7.51. The molecule has 1 atom stereocenters. The highest BCUT2D eigenvalue weighted by Gasteiger charge is 2.30. The van der Waals surface area contributed by atoms with Crippen molar-refractivity contribution < 1.29 is 14.3 Å². The van der Waals surface area contributed by atoms with Crippen molar-refractivity contribution in [1.29, 1.82) is 5.41 Å². The number of benzene rings is 1. The summed E-state index contributed by atoms with van der Waals surface area (Å²) in [6.07, 6.45) is 2.84. The molecule has 38 heavy (non-hydrogen) atoms. The zero-order valence-electron chi connectivity index (χ0n) is 21.4. The minimum absolute atomic E-state index is 0.146. The second kappa shape index (κ2) is 10.9. The lowest BCUT2D eigenvalue weighted by Crippen LogP contribution is -2.50. The summed E-state index contributed by atoms with van der Waals surface area (Å²) in [4.78, 5) is 30.5. The monoisotopic (exact) mass is 535 g/mol. The summed E-state index contributed by atoms with van der Waals surface area (Å²) in [5, 5.41) is 7.90. The molecule has 0 aliphatic carbocycles. The van der Waals surface area contributed by atoms with Crippen LogP contribution < -0.4 is 10.6 Å². The first-order valence-electron chi connectivity index (χ1n) is 13.3. The van der Waals surface area contributed by atoms with Gasteiger partial charge in [-0.3, -0.25) is 9.69 Å². The van der Waals surface area contributed by atoms with Gasteiger partial charge < -0.3 is 30.4 Å². The minimum Gasteiger partial charge on any atom is -0.398 e. The number of nitrogens with zero attached hydrogens (tertiary/aromatic N) is 5. The number of rotatable bonds is 6. The van der Waals surface area contributed by atoms with Gasteiger partial charge >= 0.3 is 0 Å². The number of carbonyl (C=O) groups is 1. The SMILES string of the molecule is N=Cc1c(N)cccc1-c1nc(N2CCOCC2)c2sc(CN3CCN(C(=O)C4CCCO4)CC3)cc2n1. The summed E-state index contributed by atoms with van der Waals surface area (Å²) >= 11 is 1.74. The molecule has 3 aliphatic heterocycles. The summed E-state index contributed by atoms with van der Waals surface area (Å²) in [7, 11) is 0.